The molecule has 2 bridgehead atoms. The summed E-state index contributed by atoms with van der Waals surface area (Å²) in [6.45, 7) is 0. The van der Waals surface area contributed by atoms with Gasteiger partial charge in [-0.25, -0.2) is 4.39 Å². The normalized spacial score (nSPS) is 27.7. The summed E-state index contributed by atoms with van der Waals surface area (Å²) in [7, 11) is 0. The fraction of sp³-hybridized carbons (Fsp3) is 0.611. The SMILES string of the molecule is O=C(CCCc1ccc(F)cc1)N1[C@@H]2CCC[C@H]1CC(O)C2. The fourth-order valence-electron chi connectivity index (χ4n) is 3.98. The maximum absolute atomic E-state index is 12.9. The Labute approximate surface area is 131 Å². The molecule has 22 heavy (non-hydrogen) atoms. The second kappa shape index (κ2) is 6.78. The first-order valence-electron chi connectivity index (χ1n) is 8.37. The molecule has 2 aliphatic rings. The standard InChI is InChI=1S/C18H24FNO2/c19-14-9-7-13(8-10-14)3-1-6-18(22)20-15-4-2-5-16(20)12-17(21)11-15/h7-10,15-17,21H,1-6,11-12H2/t15-,16+,17?. The van der Waals surface area contributed by atoms with Crippen molar-refractivity contribution < 1.29 is 14.3 Å². The number of halogens is 1. The topological polar surface area (TPSA) is 40.5 Å². The van der Waals surface area contributed by atoms with Crippen molar-refractivity contribution in [1.29, 1.82) is 0 Å². The largest absolute Gasteiger partial charge is 0.393 e. The molecule has 3 atom stereocenters. The fourth-order valence-corrected chi connectivity index (χ4v) is 3.98. The zero-order valence-corrected chi connectivity index (χ0v) is 12.9. The van der Waals surface area contributed by atoms with Crippen LogP contribution in [-0.2, 0) is 11.2 Å². The van der Waals surface area contributed by atoms with Gasteiger partial charge in [0.25, 0.3) is 0 Å². The Morgan fingerprint density at radius 2 is 1.82 bits per heavy atom. The van der Waals surface area contributed by atoms with Crippen LogP contribution in [-0.4, -0.2) is 34.1 Å². The Morgan fingerprint density at radius 3 is 2.45 bits per heavy atom. The lowest BCUT2D eigenvalue weighted by molar-refractivity contribution is -0.144. The molecule has 1 aromatic rings. The van der Waals surface area contributed by atoms with Crippen LogP contribution < -0.4 is 0 Å². The van der Waals surface area contributed by atoms with Crippen molar-refractivity contribution in [3.8, 4) is 0 Å². The molecule has 1 N–H and O–H groups in total. The second-order valence-corrected chi connectivity index (χ2v) is 6.64. The van der Waals surface area contributed by atoms with E-state index in [4.69, 9.17) is 0 Å². The smallest absolute Gasteiger partial charge is 0.223 e. The average molecular weight is 305 g/mol. The van der Waals surface area contributed by atoms with Gasteiger partial charge < -0.3 is 10.0 Å². The number of piperidine rings is 2. The van der Waals surface area contributed by atoms with E-state index >= 15 is 0 Å². The molecule has 2 aliphatic heterocycles. The van der Waals surface area contributed by atoms with Crippen LogP contribution in [0.5, 0.6) is 0 Å². The molecule has 2 heterocycles. The summed E-state index contributed by atoms with van der Waals surface area (Å²) in [4.78, 5) is 14.6. The van der Waals surface area contributed by atoms with E-state index in [9.17, 15) is 14.3 Å². The molecule has 0 aromatic heterocycles. The van der Waals surface area contributed by atoms with Crippen molar-refractivity contribution >= 4 is 5.91 Å². The maximum Gasteiger partial charge on any atom is 0.223 e. The predicted octanol–water partition coefficient (Wildman–Crippen LogP) is 3.05. The van der Waals surface area contributed by atoms with E-state index in [1.807, 2.05) is 0 Å². The molecule has 4 heteroatoms. The maximum atomic E-state index is 12.9. The van der Waals surface area contributed by atoms with Gasteiger partial charge in [0.05, 0.1) is 6.10 Å². The number of rotatable bonds is 4. The summed E-state index contributed by atoms with van der Waals surface area (Å²) in [5.41, 5.74) is 1.07. The highest BCUT2D eigenvalue weighted by molar-refractivity contribution is 5.77. The van der Waals surface area contributed by atoms with Crippen LogP contribution in [0.2, 0.25) is 0 Å². The number of carbonyl (C=O) groups excluding carboxylic acids is 1. The zero-order chi connectivity index (χ0) is 15.5. The quantitative estimate of drug-likeness (QED) is 0.929. The van der Waals surface area contributed by atoms with E-state index in [1.54, 1.807) is 12.1 Å². The molecule has 2 saturated heterocycles. The summed E-state index contributed by atoms with van der Waals surface area (Å²) in [6.07, 6.45) is 6.59. The van der Waals surface area contributed by atoms with E-state index in [-0.39, 0.29) is 29.9 Å². The van der Waals surface area contributed by atoms with Crippen molar-refractivity contribution in [3.63, 3.8) is 0 Å². The summed E-state index contributed by atoms with van der Waals surface area (Å²) in [5, 5.41) is 9.89. The van der Waals surface area contributed by atoms with Crippen molar-refractivity contribution in [2.24, 2.45) is 0 Å². The van der Waals surface area contributed by atoms with Crippen molar-refractivity contribution in [1.82, 2.24) is 4.90 Å². The van der Waals surface area contributed by atoms with Gasteiger partial charge >= 0.3 is 0 Å². The first kappa shape index (κ1) is 15.5. The van der Waals surface area contributed by atoms with E-state index < -0.39 is 0 Å². The van der Waals surface area contributed by atoms with Crippen LogP contribution in [0, 0.1) is 5.82 Å². The molecule has 0 spiro atoms. The number of carbonyl (C=O) groups is 1. The number of benzene rings is 1. The molecule has 0 aliphatic carbocycles. The number of amides is 1. The molecular formula is C18H24FNO2. The third kappa shape index (κ3) is 3.49. The Balaban J connectivity index is 1.52. The molecule has 3 rings (SSSR count). The number of aliphatic hydroxyl groups is 1. The van der Waals surface area contributed by atoms with Gasteiger partial charge in [-0.1, -0.05) is 12.1 Å². The van der Waals surface area contributed by atoms with Gasteiger partial charge in [-0.2, -0.15) is 0 Å². The lowest BCUT2D eigenvalue weighted by Gasteiger charge is -2.48. The molecule has 3 nitrogen and oxygen atoms in total. The lowest BCUT2D eigenvalue weighted by atomic mass is 9.82. The van der Waals surface area contributed by atoms with Gasteiger partial charge in [-0.3, -0.25) is 4.79 Å². The Bertz CT molecular complexity index is 502. The van der Waals surface area contributed by atoms with Crippen LogP contribution in [0.4, 0.5) is 4.39 Å². The molecule has 2 fully saturated rings. The van der Waals surface area contributed by atoms with E-state index in [1.165, 1.54) is 18.6 Å². The zero-order valence-electron chi connectivity index (χ0n) is 12.9. The highest BCUT2D eigenvalue weighted by atomic mass is 19.1. The molecule has 1 amide bonds. The summed E-state index contributed by atoms with van der Waals surface area (Å²) >= 11 is 0. The van der Waals surface area contributed by atoms with E-state index in [0.717, 1.165) is 44.1 Å². The van der Waals surface area contributed by atoms with E-state index in [0.29, 0.717) is 6.42 Å². The molecule has 0 saturated carbocycles. The lowest BCUT2D eigenvalue weighted by Crippen LogP contribution is -2.55. The minimum atomic E-state index is -0.237. The van der Waals surface area contributed by atoms with Crippen LogP contribution in [0.15, 0.2) is 24.3 Å². The first-order valence-corrected chi connectivity index (χ1v) is 8.37. The number of hydrogen-bond acceptors (Lipinski definition) is 2. The minimum Gasteiger partial charge on any atom is -0.393 e. The van der Waals surface area contributed by atoms with Gasteiger partial charge in [0.1, 0.15) is 5.82 Å². The van der Waals surface area contributed by atoms with Gasteiger partial charge in [-0.15, -0.1) is 0 Å². The van der Waals surface area contributed by atoms with Crippen molar-refractivity contribution in [2.75, 3.05) is 0 Å². The highest BCUT2D eigenvalue weighted by Gasteiger charge is 2.39. The van der Waals surface area contributed by atoms with E-state index in [2.05, 4.69) is 4.90 Å². The number of fused-ring (bicyclic) bond motifs is 2. The molecule has 0 radical (unpaired) electrons. The molecular weight excluding hydrogens is 281 g/mol. The molecule has 120 valence electrons. The van der Waals surface area contributed by atoms with Crippen molar-refractivity contribution in [3.05, 3.63) is 35.6 Å². The summed E-state index contributed by atoms with van der Waals surface area (Å²) < 4.78 is 12.9. The summed E-state index contributed by atoms with van der Waals surface area (Å²) in [6, 6.07) is 6.97. The number of aliphatic hydroxyl groups excluding tert-OH is 1. The molecule has 1 unspecified atom stereocenters. The van der Waals surface area contributed by atoms with Crippen LogP contribution >= 0.6 is 0 Å². The number of aryl methyl sites for hydroxylation is 1. The number of hydrogen-bond donors (Lipinski definition) is 1. The van der Waals surface area contributed by atoms with Gasteiger partial charge in [-0.05, 0) is 62.6 Å². The van der Waals surface area contributed by atoms with Gasteiger partial charge in [0.2, 0.25) is 5.91 Å². The second-order valence-electron chi connectivity index (χ2n) is 6.64. The first-order chi connectivity index (χ1) is 10.6. The minimum absolute atomic E-state index is 0.223. The number of nitrogens with zero attached hydrogens (tertiary/aromatic N) is 1. The Hall–Kier alpha value is -1.42. The van der Waals surface area contributed by atoms with Gasteiger partial charge in [0, 0.05) is 18.5 Å². The summed E-state index contributed by atoms with van der Waals surface area (Å²) in [5.74, 6) is 0.00300. The van der Waals surface area contributed by atoms with Crippen LogP contribution in [0.3, 0.4) is 0 Å². The van der Waals surface area contributed by atoms with Crippen LogP contribution in [0.25, 0.3) is 0 Å². The van der Waals surface area contributed by atoms with Gasteiger partial charge in [0.15, 0.2) is 0 Å². The third-order valence-electron chi connectivity index (χ3n) is 5.01. The van der Waals surface area contributed by atoms with Crippen LogP contribution in [0.1, 0.15) is 50.5 Å². The molecule has 1 aromatic carbocycles. The van der Waals surface area contributed by atoms with Crippen molar-refractivity contribution in [2.45, 2.75) is 69.6 Å². The predicted molar refractivity (Wildman–Crippen MR) is 82.9 cm³/mol. The Kier molecular flexibility index (Phi) is 4.77. The Morgan fingerprint density at radius 1 is 1.18 bits per heavy atom. The average Bonchev–Trinajstić information content (AvgIpc) is 2.48. The third-order valence-corrected chi connectivity index (χ3v) is 5.01. The highest BCUT2D eigenvalue weighted by Crippen LogP contribution is 2.34. The monoisotopic (exact) mass is 305 g/mol.